The molecule has 0 aromatic heterocycles. The Hall–Kier alpha value is -1.66. The Morgan fingerprint density at radius 2 is 1.94 bits per heavy atom. The van der Waals surface area contributed by atoms with Crippen molar-refractivity contribution in [2.75, 3.05) is 40.3 Å². The van der Waals surface area contributed by atoms with Gasteiger partial charge in [0, 0.05) is 38.9 Å². The van der Waals surface area contributed by atoms with E-state index in [1.807, 2.05) is 0 Å². The number of nitrogens with zero attached hydrogens (tertiary/aromatic N) is 3. The molecular formula is C12H20N4O2. The summed E-state index contributed by atoms with van der Waals surface area (Å²) in [5.74, 6) is -0.625. The van der Waals surface area contributed by atoms with Crippen LogP contribution in [-0.4, -0.2) is 66.9 Å². The zero-order chi connectivity index (χ0) is 13.5. The molecule has 0 saturated carbocycles. The number of amides is 1. The number of rotatable bonds is 4. The minimum Gasteiger partial charge on any atom is -0.369 e. The second-order valence-electron chi connectivity index (χ2n) is 4.16. The van der Waals surface area contributed by atoms with Crippen LogP contribution in [0.5, 0.6) is 0 Å². The van der Waals surface area contributed by atoms with E-state index in [0.29, 0.717) is 0 Å². The fourth-order valence-electron chi connectivity index (χ4n) is 1.68. The van der Waals surface area contributed by atoms with Crippen molar-refractivity contribution in [3.05, 3.63) is 24.4 Å². The summed E-state index contributed by atoms with van der Waals surface area (Å²) in [6.45, 7) is 7.81. The van der Waals surface area contributed by atoms with Crippen LogP contribution < -0.4 is 5.48 Å². The first-order valence-electron chi connectivity index (χ1n) is 5.80. The molecule has 1 aliphatic heterocycles. The van der Waals surface area contributed by atoms with Crippen molar-refractivity contribution in [3.63, 3.8) is 0 Å². The summed E-state index contributed by atoms with van der Waals surface area (Å²) in [5.41, 5.74) is 2.56. The lowest BCUT2D eigenvalue weighted by Crippen LogP contribution is -2.43. The van der Waals surface area contributed by atoms with Crippen LogP contribution in [-0.2, 0) is 4.79 Å². The Labute approximate surface area is 107 Å². The SMILES string of the molecule is C=C(/C=C\C(=NC)C(=O)NO)N1CCN(C)CC1. The zero-order valence-electron chi connectivity index (χ0n) is 10.9. The van der Waals surface area contributed by atoms with Crippen LogP contribution >= 0.6 is 0 Å². The number of hydrogen-bond acceptors (Lipinski definition) is 5. The van der Waals surface area contributed by atoms with Gasteiger partial charge in [-0.15, -0.1) is 0 Å². The third-order valence-electron chi connectivity index (χ3n) is 2.92. The van der Waals surface area contributed by atoms with Gasteiger partial charge in [-0.3, -0.25) is 15.0 Å². The Bertz CT molecular complexity index is 368. The van der Waals surface area contributed by atoms with Gasteiger partial charge in [0.15, 0.2) is 0 Å². The summed E-state index contributed by atoms with van der Waals surface area (Å²) < 4.78 is 0. The normalized spacial score (nSPS) is 18.2. The molecule has 1 amide bonds. The van der Waals surface area contributed by atoms with E-state index in [1.165, 1.54) is 7.05 Å². The molecule has 6 heteroatoms. The second-order valence-corrected chi connectivity index (χ2v) is 4.16. The first-order valence-corrected chi connectivity index (χ1v) is 5.80. The Morgan fingerprint density at radius 3 is 2.44 bits per heavy atom. The quantitative estimate of drug-likeness (QED) is 0.317. The maximum absolute atomic E-state index is 11.2. The summed E-state index contributed by atoms with van der Waals surface area (Å²) in [7, 11) is 3.58. The van der Waals surface area contributed by atoms with Crippen molar-refractivity contribution < 1.29 is 10.0 Å². The van der Waals surface area contributed by atoms with Gasteiger partial charge in [-0.2, -0.15) is 0 Å². The first-order chi connectivity index (χ1) is 8.58. The Balaban J connectivity index is 2.56. The molecule has 0 bridgehead atoms. The number of carbonyl (C=O) groups excluding carboxylic acids is 1. The third-order valence-corrected chi connectivity index (χ3v) is 2.92. The zero-order valence-corrected chi connectivity index (χ0v) is 10.9. The van der Waals surface area contributed by atoms with Crippen molar-refractivity contribution in [2.24, 2.45) is 4.99 Å². The molecule has 100 valence electrons. The van der Waals surface area contributed by atoms with Crippen LogP contribution in [0.25, 0.3) is 0 Å². The van der Waals surface area contributed by atoms with Gasteiger partial charge >= 0.3 is 0 Å². The molecule has 1 aliphatic rings. The monoisotopic (exact) mass is 252 g/mol. The standard InChI is InChI=1S/C12H20N4O2/c1-10(16-8-6-15(3)7-9-16)4-5-11(13-2)12(17)14-18/h4-5,18H,1,6-9H2,2-3H3,(H,14,17)/b5-4-,13-11?. The predicted molar refractivity (Wildman–Crippen MR) is 70.6 cm³/mol. The molecule has 0 atom stereocenters. The van der Waals surface area contributed by atoms with E-state index in [-0.39, 0.29) is 5.71 Å². The van der Waals surface area contributed by atoms with Gasteiger partial charge in [0.2, 0.25) is 0 Å². The van der Waals surface area contributed by atoms with Crippen molar-refractivity contribution in [1.29, 1.82) is 0 Å². The molecule has 0 aromatic carbocycles. The number of carbonyl (C=O) groups is 1. The molecule has 1 heterocycles. The fourth-order valence-corrected chi connectivity index (χ4v) is 1.68. The van der Waals surface area contributed by atoms with Gasteiger partial charge in [-0.05, 0) is 19.2 Å². The van der Waals surface area contributed by atoms with Crippen molar-refractivity contribution in [2.45, 2.75) is 0 Å². The van der Waals surface area contributed by atoms with Gasteiger partial charge < -0.3 is 9.80 Å². The van der Waals surface area contributed by atoms with Gasteiger partial charge in [0.05, 0.1) is 0 Å². The highest BCUT2D eigenvalue weighted by molar-refractivity contribution is 6.43. The molecule has 6 nitrogen and oxygen atoms in total. The smallest absolute Gasteiger partial charge is 0.292 e. The minimum atomic E-state index is -0.625. The van der Waals surface area contributed by atoms with Crippen LogP contribution in [0, 0.1) is 0 Å². The lowest BCUT2D eigenvalue weighted by molar-refractivity contribution is -0.122. The molecule has 18 heavy (non-hydrogen) atoms. The molecule has 0 aliphatic carbocycles. The van der Waals surface area contributed by atoms with E-state index < -0.39 is 5.91 Å². The van der Waals surface area contributed by atoms with Crippen LogP contribution in [0.3, 0.4) is 0 Å². The highest BCUT2D eigenvalue weighted by Crippen LogP contribution is 2.08. The maximum atomic E-state index is 11.2. The summed E-state index contributed by atoms with van der Waals surface area (Å²) >= 11 is 0. The van der Waals surface area contributed by atoms with Crippen LogP contribution in [0.15, 0.2) is 29.4 Å². The summed E-state index contributed by atoms with van der Waals surface area (Å²) in [4.78, 5) is 19.4. The Kier molecular flexibility index (Phi) is 5.54. The molecule has 0 spiro atoms. The number of aliphatic imine (C=N–C) groups is 1. The predicted octanol–water partition coefficient (Wildman–Crippen LogP) is -0.120. The van der Waals surface area contributed by atoms with Crippen LogP contribution in [0.4, 0.5) is 0 Å². The first kappa shape index (κ1) is 14.4. The summed E-state index contributed by atoms with van der Waals surface area (Å²) in [6.07, 6.45) is 3.29. The minimum absolute atomic E-state index is 0.160. The molecule has 2 N–H and O–H groups in total. The molecule has 0 radical (unpaired) electrons. The summed E-state index contributed by atoms with van der Waals surface area (Å²) in [6, 6.07) is 0. The van der Waals surface area contributed by atoms with E-state index in [4.69, 9.17) is 5.21 Å². The topological polar surface area (TPSA) is 68.2 Å². The van der Waals surface area contributed by atoms with E-state index in [2.05, 4.69) is 28.4 Å². The van der Waals surface area contributed by atoms with Gasteiger partial charge in [0.25, 0.3) is 5.91 Å². The van der Waals surface area contributed by atoms with E-state index in [0.717, 1.165) is 31.9 Å². The number of piperazine rings is 1. The molecule has 0 unspecified atom stereocenters. The lowest BCUT2D eigenvalue weighted by Gasteiger charge is -2.34. The van der Waals surface area contributed by atoms with Gasteiger partial charge in [-0.1, -0.05) is 6.58 Å². The number of allylic oxidation sites excluding steroid dienone is 1. The number of hydrogen-bond donors (Lipinski definition) is 2. The molecule has 1 fully saturated rings. The molecule has 1 saturated heterocycles. The fraction of sp³-hybridized carbons (Fsp3) is 0.500. The highest BCUT2D eigenvalue weighted by atomic mass is 16.5. The van der Waals surface area contributed by atoms with E-state index in [1.54, 1.807) is 17.6 Å². The highest BCUT2D eigenvalue weighted by Gasteiger charge is 2.13. The van der Waals surface area contributed by atoms with Crippen molar-refractivity contribution in [3.8, 4) is 0 Å². The average Bonchev–Trinajstić information content (AvgIpc) is 2.39. The van der Waals surface area contributed by atoms with E-state index >= 15 is 0 Å². The summed E-state index contributed by atoms with van der Waals surface area (Å²) in [5, 5.41) is 8.53. The third kappa shape index (κ3) is 3.97. The second kappa shape index (κ2) is 6.93. The van der Waals surface area contributed by atoms with Gasteiger partial charge in [-0.25, -0.2) is 5.48 Å². The molecular weight excluding hydrogens is 232 g/mol. The molecule has 1 rings (SSSR count). The molecule has 0 aromatic rings. The number of likely N-dealkylation sites (N-methyl/N-ethyl adjacent to an activating group) is 1. The van der Waals surface area contributed by atoms with Crippen LogP contribution in [0.2, 0.25) is 0 Å². The number of hydroxylamine groups is 1. The number of nitrogens with one attached hydrogen (secondary N) is 1. The van der Waals surface area contributed by atoms with Crippen molar-refractivity contribution >= 4 is 11.6 Å². The lowest BCUT2D eigenvalue weighted by atomic mass is 10.2. The maximum Gasteiger partial charge on any atom is 0.292 e. The van der Waals surface area contributed by atoms with Crippen LogP contribution in [0.1, 0.15) is 0 Å². The van der Waals surface area contributed by atoms with Crippen molar-refractivity contribution in [1.82, 2.24) is 15.3 Å². The average molecular weight is 252 g/mol. The Morgan fingerprint density at radius 1 is 1.33 bits per heavy atom. The van der Waals surface area contributed by atoms with Gasteiger partial charge in [0.1, 0.15) is 5.71 Å². The van der Waals surface area contributed by atoms with E-state index in [9.17, 15) is 4.79 Å². The largest absolute Gasteiger partial charge is 0.369 e.